The average Bonchev–Trinajstić information content (AvgIpc) is 2.32. The number of benzene rings is 1. The quantitative estimate of drug-likeness (QED) is 0.831. The zero-order valence-electron chi connectivity index (χ0n) is 10.6. The largest absolute Gasteiger partial charge is 0.481 e. The Kier molecular flexibility index (Phi) is 4.65. The van der Waals surface area contributed by atoms with Crippen LogP contribution in [0.1, 0.15) is 31.7 Å². The Morgan fingerprint density at radius 2 is 2.00 bits per heavy atom. The minimum absolute atomic E-state index is 0.152. The monoisotopic (exact) mass is 358 g/mol. The van der Waals surface area contributed by atoms with Crippen molar-refractivity contribution >= 4 is 28.6 Å². The molecule has 1 aliphatic carbocycles. The summed E-state index contributed by atoms with van der Waals surface area (Å²) in [4.78, 5) is 11.3. The Bertz CT molecular complexity index is 413. The van der Waals surface area contributed by atoms with Crippen LogP contribution in [0, 0.1) is 21.3 Å². The van der Waals surface area contributed by atoms with E-state index in [1.54, 1.807) is 0 Å². The summed E-state index contributed by atoms with van der Waals surface area (Å²) < 4.78 is 1.23. The Hall–Kier alpha value is -0.580. The van der Waals surface area contributed by atoms with Gasteiger partial charge in [-0.3, -0.25) is 4.79 Å². The van der Waals surface area contributed by atoms with Crippen LogP contribution in [0.2, 0.25) is 0 Å². The van der Waals surface area contributed by atoms with Crippen molar-refractivity contribution in [2.24, 2.45) is 17.8 Å². The lowest BCUT2D eigenvalue weighted by Gasteiger charge is -2.32. The van der Waals surface area contributed by atoms with E-state index in [0.717, 1.165) is 25.7 Å². The summed E-state index contributed by atoms with van der Waals surface area (Å²) in [7, 11) is 0. The Morgan fingerprint density at radius 3 is 2.61 bits per heavy atom. The maximum Gasteiger partial charge on any atom is 0.306 e. The number of aliphatic carboxylic acids is 1. The Labute approximate surface area is 122 Å². The van der Waals surface area contributed by atoms with Crippen LogP contribution in [0.25, 0.3) is 0 Å². The third-order valence-electron chi connectivity index (χ3n) is 3.97. The second-order valence-electron chi connectivity index (χ2n) is 5.45. The maximum absolute atomic E-state index is 11.3. The molecular formula is C15H19IO2. The molecule has 1 fully saturated rings. The van der Waals surface area contributed by atoms with Gasteiger partial charge in [0.05, 0.1) is 5.92 Å². The first-order valence-electron chi connectivity index (χ1n) is 6.53. The molecule has 0 saturated heterocycles. The fourth-order valence-electron chi connectivity index (χ4n) is 2.97. The van der Waals surface area contributed by atoms with E-state index in [1.165, 1.54) is 9.13 Å². The molecule has 0 aromatic heterocycles. The molecule has 1 saturated carbocycles. The van der Waals surface area contributed by atoms with E-state index in [-0.39, 0.29) is 5.92 Å². The number of carbonyl (C=O) groups is 1. The predicted molar refractivity (Wildman–Crippen MR) is 80.5 cm³/mol. The van der Waals surface area contributed by atoms with Crippen LogP contribution in [0.3, 0.4) is 0 Å². The van der Waals surface area contributed by atoms with Gasteiger partial charge in [-0.2, -0.15) is 0 Å². The second-order valence-corrected chi connectivity index (χ2v) is 6.70. The summed E-state index contributed by atoms with van der Waals surface area (Å²) in [6.45, 7) is 2.24. The van der Waals surface area contributed by atoms with Crippen LogP contribution in [-0.2, 0) is 11.2 Å². The Balaban J connectivity index is 2.08. The van der Waals surface area contributed by atoms with Gasteiger partial charge < -0.3 is 5.11 Å². The third kappa shape index (κ3) is 3.46. The van der Waals surface area contributed by atoms with Gasteiger partial charge in [-0.05, 0) is 77.8 Å². The van der Waals surface area contributed by atoms with Crippen molar-refractivity contribution in [2.75, 3.05) is 0 Å². The summed E-state index contributed by atoms with van der Waals surface area (Å²) in [5.41, 5.74) is 1.26. The number of hydrogen-bond donors (Lipinski definition) is 1. The van der Waals surface area contributed by atoms with Crippen LogP contribution in [0.5, 0.6) is 0 Å². The summed E-state index contributed by atoms with van der Waals surface area (Å²) >= 11 is 2.29. The van der Waals surface area contributed by atoms with Crippen molar-refractivity contribution in [3.05, 3.63) is 33.4 Å². The molecule has 3 atom stereocenters. The minimum atomic E-state index is -0.614. The molecule has 0 bridgehead atoms. The molecule has 98 valence electrons. The molecule has 2 nitrogen and oxygen atoms in total. The number of carboxylic acids is 1. The minimum Gasteiger partial charge on any atom is -0.481 e. The molecule has 0 spiro atoms. The summed E-state index contributed by atoms with van der Waals surface area (Å²) in [5.74, 6) is 0.193. The molecule has 0 radical (unpaired) electrons. The maximum atomic E-state index is 11.3. The van der Waals surface area contributed by atoms with Gasteiger partial charge in [0.15, 0.2) is 0 Å². The molecule has 3 unspecified atom stereocenters. The molecule has 18 heavy (non-hydrogen) atoms. The van der Waals surface area contributed by atoms with Crippen molar-refractivity contribution in [3.8, 4) is 0 Å². The van der Waals surface area contributed by atoms with E-state index in [0.29, 0.717) is 11.8 Å². The van der Waals surface area contributed by atoms with Crippen molar-refractivity contribution in [2.45, 2.75) is 32.6 Å². The molecule has 1 N–H and O–H groups in total. The highest BCUT2D eigenvalue weighted by molar-refractivity contribution is 14.1. The molecule has 0 heterocycles. The van der Waals surface area contributed by atoms with Crippen molar-refractivity contribution in [3.63, 3.8) is 0 Å². The van der Waals surface area contributed by atoms with Crippen LogP contribution < -0.4 is 0 Å². The van der Waals surface area contributed by atoms with Gasteiger partial charge in [-0.25, -0.2) is 0 Å². The van der Waals surface area contributed by atoms with E-state index in [9.17, 15) is 9.90 Å². The zero-order chi connectivity index (χ0) is 13.1. The molecule has 1 aromatic rings. The first kappa shape index (κ1) is 13.8. The molecular weight excluding hydrogens is 339 g/mol. The molecule has 1 aromatic carbocycles. The van der Waals surface area contributed by atoms with Gasteiger partial charge in [-0.15, -0.1) is 0 Å². The molecule has 3 heteroatoms. The fourth-order valence-corrected chi connectivity index (χ4v) is 3.33. The Morgan fingerprint density at radius 1 is 1.33 bits per heavy atom. The highest BCUT2D eigenvalue weighted by Crippen LogP contribution is 2.36. The first-order valence-corrected chi connectivity index (χ1v) is 7.61. The lowest BCUT2D eigenvalue weighted by atomic mass is 9.72. The smallest absolute Gasteiger partial charge is 0.306 e. The summed E-state index contributed by atoms with van der Waals surface area (Å²) in [6, 6.07) is 8.44. The van der Waals surface area contributed by atoms with E-state index in [2.05, 4.69) is 53.8 Å². The van der Waals surface area contributed by atoms with Crippen molar-refractivity contribution in [1.29, 1.82) is 0 Å². The highest BCUT2D eigenvalue weighted by Gasteiger charge is 2.33. The van der Waals surface area contributed by atoms with Crippen LogP contribution >= 0.6 is 22.6 Å². The topological polar surface area (TPSA) is 37.3 Å². The highest BCUT2D eigenvalue weighted by atomic mass is 127. The first-order chi connectivity index (χ1) is 8.56. The van der Waals surface area contributed by atoms with Crippen LogP contribution in [-0.4, -0.2) is 11.1 Å². The SMILES string of the molecule is CC1CCC(C(=O)O)C(Cc2ccc(I)cc2)C1. The van der Waals surface area contributed by atoms with E-state index >= 15 is 0 Å². The molecule has 1 aliphatic rings. The zero-order valence-corrected chi connectivity index (χ0v) is 12.8. The molecule has 2 rings (SSSR count). The molecule has 0 aliphatic heterocycles. The van der Waals surface area contributed by atoms with Crippen molar-refractivity contribution in [1.82, 2.24) is 0 Å². The van der Waals surface area contributed by atoms with E-state index in [4.69, 9.17) is 0 Å². The van der Waals surface area contributed by atoms with Crippen molar-refractivity contribution < 1.29 is 9.90 Å². The van der Waals surface area contributed by atoms with E-state index < -0.39 is 5.97 Å². The summed E-state index contributed by atoms with van der Waals surface area (Å²) in [6.07, 6.45) is 3.84. The van der Waals surface area contributed by atoms with Gasteiger partial charge in [0.25, 0.3) is 0 Å². The van der Waals surface area contributed by atoms with Gasteiger partial charge >= 0.3 is 5.97 Å². The van der Waals surface area contributed by atoms with Gasteiger partial charge in [0.1, 0.15) is 0 Å². The number of carboxylic acid groups (broad SMARTS) is 1. The van der Waals surface area contributed by atoms with Gasteiger partial charge in [-0.1, -0.05) is 19.1 Å². The second kappa shape index (κ2) is 6.04. The normalized spacial score (nSPS) is 28.0. The number of hydrogen-bond acceptors (Lipinski definition) is 1. The van der Waals surface area contributed by atoms with Crippen LogP contribution in [0.15, 0.2) is 24.3 Å². The van der Waals surface area contributed by atoms with E-state index in [1.807, 2.05) is 0 Å². The molecule has 0 amide bonds. The third-order valence-corrected chi connectivity index (χ3v) is 4.69. The number of halogens is 1. The van der Waals surface area contributed by atoms with Crippen LogP contribution in [0.4, 0.5) is 0 Å². The fraction of sp³-hybridized carbons (Fsp3) is 0.533. The number of rotatable bonds is 3. The lowest BCUT2D eigenvalue weighted by Crippen LogP contribution is -2.31. The average molecular weight is 358 g/mol. The predicted octanol–water partition coefficient (Wildman–Crippen LogP) is 3.97. The summed E-state index contributed by atoms with van der Waals surface area (Å²) in [5, 5.41) is 9.32. The lowest BCUT2D eigenvalue weighted by molar-refractivity contribution is -0.145. The van der Waals surface area contributed by atoms with Gasteiger partial charge in [0, 0.05) is 3.57 Å². The van der Waals surface area contributed by atoms with Gasteiger partial charge in [0.2, 0.25) is 0 Å². The standard InChI is InChI=1S/C15H19IO2/c1-10-2-7-14(15(17)18)12(8-10)9-11-3-5-13(16)6-4-11/h3-6,10,12,14H,2,7-9H2,1H3,(H,17,18).